The number of amides is 1. The van der Waals surface area contributed by atoms with Crippen LogP contribution in [0.25, 0.3) is 0 Å². The molecule has 0 fully saturated rings. The Bertz CT molecular complexity index is 1070. The minimum absolute atomic E-state index is 0.00625. The summed E-state index contributed by atoms with van der Waals surface area (Å²) in [6.45, 7) is 10.9. The van der Waals surface area contributed by atoms with Crippen molar-refractivity contribution >= 4 is 17.8 Å². The molecular weight excluding hydrogens is 777 g/mol. The second kappa shape index (κ2) is 43.0. The van der Waals surface area contributed by atoms with E-state index in [9.17, 15) is 24.6 Å². The van der Waals surface area contributed by atoms with Crippen LogP contribution in [0.3, 0.4) is 0 Å². The third kappa shape index (κ3) is 35.4. The number of carbonyl (C=O) groups excluding carboxylic acids is 3. The van der Waals surface area contributed by atoms with E-state index in [0.29, 0.717) is 44.4 Å². The second-order valence-corrected chi connectivity index (χ2v) is 18.7. The highest BCUT2D eigenvalue weighted by molar-refractivity contribution is 5.93. The van der Waals surface area contributed by atoms with Crippen molar-refractivity contribution in [2.45, 2.75) is 277 Å². The number of carbonyl (C=O) groups is 3. The molecular formula is C53H100N2O7. The lowest BCUT2D eigenvalue weighted by Gasteiger charge is -2.23. The second-order valence-electron chi connectivity index (χ2n) is 18.7. The Morgan fingerprint density at radius 2 is 1.02 bits per heavy atom. The lowest BCUT2D eigenvalue weighted by atomic mass is 9.94. The van der Waals surface area contributed by atoms with Crippen LogP contribution in [0, 0.1) is 0 Å². The minimum Gasteiger partial charge on any atom is -0.466 e. The van der Waals surface area contributed by atoms with Gasteiger partial charge in [0.1, 0.15) is 6.10 Å². The molecule has 1 amide bonds. The summed E-state index contributed by atoms with van der Waals surface area (Å²) in [6.07, 6.45) is 40.3. The molecule has 62 heavy (non-hydrogen) atoms. The van der Waals surface area contributed by atoms with E-state index in [2.05, 4.69) is 31.0 Å². The molecule has 0 saturated heterocycles. The number of hydrogen-bond donors (Lipinski definition) is 3. The summed E-state index contributed by atoms with van der Waals surface area (Å²) in [5.41, 5.74) is 0.560. The van der Waals surface area contributed by atoms with E-state index in [0.717, 1.165) is 122 Å². The van der Waals surface area contributed by atoms with Gasteiger partial charge in [-0.3, -0.25) is 14.4 Å². The summed E-state index contributed by atoms with van der Waals surface area (Å²) in [7, 11) is 0. The average Bonchev–Trinajstić information content (AvgIpc) is 3.26. The third-order valence-electron chi connectivity index (χ3n) is 12.7. The number of esters is 2. The highest BCUT2D eigenvalue weighted by Crippen LogP contribution is 2.20. The number of aliphatic hydroxyl groups is 2. The third-order valence-corrected chi connectivity index (χ3v) is 12.7. The molecule has 1 rings (SSSR count). The van der Waals surface area contributed by atoms with Gasteiger partial charge in [0.15, 0.2) is 0 Å². The van der Waals surface area contributed by atoms with Crippen LogP contribution in [0.15, 0.2) is 11.6 Å². The summed E-state index contributed by atoms with van der Waals surface area (Å²) in [4.78, 5) is 40.3. The Kier molecular flexibility index (Phi) is 40.2. The molecule has 0 spiro atoms. The molecule has 2 atom stereocenters. The van der Waals surface area contributed by atoms with Gasteiger partial charge in [0.2, 0.25) is 5.91 Å². The zero-order valence-electron chi connectivity index (χ0n) is 40.9. The van der Waals surface area contributed by atoms with Crippen LogP contribution < -0.4 is 5.32 Å². The van der Waals surface area contributed by atoms with Crippen LogP contribution in [0.5, 0.6) is 0 Å². The van der Waals surface area contributed by atoms with Gasteiger partial charge in [-0.1, -0.05) is 162 Å². The zero-order valence-corrected chi connectivity index (χ0v) is 40.9. The molecule has 0 aliphatic heterocycles. The minimum atomic E-state index is -0.971. The monoisotopic (exact) mass is 877 g/mol. The standard InChI is InChI=1S/C53H100N2O7/c1-4-7-10-13-16-17-18-24-34-45-61-51(58)37-29-25-32-43-55(44-33-30-41-54-53(60)47-39-40-49(56)50(57)46-47)42-31-23-19-22-28-38-52(59)62-48(35-26-20-14-11-8-5-2)36-27-21-15-12-9-6-3/h46,48-50,56-57H,4-45H2,1-3H3,(H,54,60). The first-order valence-corrected chi connectivity index (χ1v) is 26.7. The maximum atomic E-state index is 12.9. The molecule has 3 N–H and O–H groups in total. The van der Waals surface area contributed by atoms with Gasteiger partial charge < -0.3 is 29.9 Å². The first kappa shape index (κ1) is 58.0. The smallest absolute Gasteiger partial charge is 0.306 e. The summed E-state index contributed by atoms with van der Waals surface area (Å²) in [5.74, 6) is -0.213. The van der Waals surface area contributed by atoms with Crippen LogP contribution in [-0.2, 0) is 23.9 Å². The quantitative estimate of drug-likeness (QED) is 0.0408. The first-order chi connectivity index (χ1) is 30.3. The van der Waals surface area contributed by atoms with Crippen LogP contribution in [0.1, 0.15) is 258 Å². The number of ether oxygens (including phenoxy) is 2. The predicted octanol–water partition coefficient (Wildman–Crippen LogP) is 13.0. The van der Waals surface area contributed by atoms with Crippen molar-refractivity contribution in [2.75, 3.05) is 32.8 Å². The largest absolute Gasteiger partial charge is 0.466 e. The fourth-order valence-electron chi connectivity index (χ4n) is 8.57. The van der Waals surface area contributed by atoms with Crippen molar-refractivity contribution in [1.29, 1.82) is 0 Å². The van der Waals surface area contributed by atoms with Gasteiger partial charge >= 0.3 is 11.9 Å². The lowest BCUT2D eigenvalue weighted by molar-refractivity contribution is -0.150. The Balaban J connectivity index is 2.40. The molecule has 0 aromatic carbocycles. The highest BCUT2D eigenvalue weighted by Gasteiger charge is 2.23. The summed E-state index contributed by atoms with van der Waals surface area (Å²) >= 11 is 0. The first-order valence-electron chi connectivity index (χ1n) is 26.7. The van der Waals surface area contributed by atoms with Crippen molar-refractivity contribution in [3.05, 3.63) is 11.6 Å². The van der Waals surface area contributed by atoms with Crippen molar-refractivity contribution in [3.8, 4) is 0 Å². The fourth-order valence-corrected chi connectivity index (χ4v) is 8.57. The number of rotatable bonds is 45. The van der Waals surface area contributed by atoms with Crippen molar-refractivity contribution < 1.29 is 34.1 Å². The Morgan fingerprint density at radius 3 is 1.55 bits per heavy atom. The Morgan fingerprint density at radius 1 is 0.581 bits per heavy atom. The van der Waals surface area contributed by atoms with Gasteiger partial charge in [-0.2, -0.15) is 0 Å². The van der Waals surface area contributed by atoms with Gasteiger partial charge in [0, 0.05) is 25.0 Å². The van der Waals surface area contributed by atoms with Crippen molar-refractivity contribution in [3.63, 3.8) is 0 Å². The normalized spacial score (nSPS) is 15.3. The summed E-state index contributed by atoms with van der Waals surface area (Å²) in [6, 6.07) is 0. The van der Waals surface area contributed by atoms with Crippen LogP contribution in [-0.4, -0.2) is 84.1 Å². The molecule has 0 aromatic heterocycles. The number of nitrogens with one attached hydrogen (secondary N) is 1. The SMILES string of the molecule is CCCCCCCCCCCOC(=O)CCCCCN(CCCCCCCC(=O)OC(CCCCCCCC)CCCCCCCC)CCCCNC(=O)C1=CC(O)C(O)CC1. The van der Waals surface area contributed by atoms with Gasteiger partial charge in [0.05, 0.1) is 18.8 Å². The predicted molar refractivity (Wildman–Crippen MR) is 258 cm³/mol. The average molecular weight is 877 g/mol. The molecule has 0 saturated carbocycles. The van der Waals surface area contributed by atoms with Crippen LogP contribution >= 0.6 is 0 Å². The summed E-state index contributed by atoms with van der Waals surface area (Å²) < 4.78 is 11.6. The number of aliphatic hydroxyl groups excluding tert-OH is 2. The summed E-state index contributed by atoms with van der Waals surface area (Å²) in [5, 5.41) is 22.7. The topological polar surface area (TPSA) is 125 Å². The Hall–Kier alpha value is -1.97. The van der Waals surface area contributed by atoms with Gasteiger partial charge in [0.25, 0.3) is 0 Å². The van der Waals surface area contributed by atoms with Crippen molar-refractivity contribution in [1.82, 2.24) is 10.2 Å². The molecule has 0 aromatic rings. The fraction of sp³-hybridized carbons (Fsp3) is 0.906. The van der Waals surface area contributed by atoms with E-state index in [1.807, 2.05) is 0 Å². The number of nitrogens with zero attached hydrogens (tertiary/aromatic N) is 1. The van der Waals surface area contributed by atoms with Gasteiger partial charge in [-0.15, -0.1) is 0 Å². The van der Waals surface area contributed by atoms with E-state index in [1.165, 1.54) is 115 Å². The van der Waals surface area contributed by atoms with E-state index in [4.69, 9.17) is 9.47 Å². The molecule has 1 aliphatic carbocycles. The molecule has 2 unspecified atom stereocenters. The number of unbranched alkanes of at least 4 members (excludes halogenated alkanes) is 25. The van der Waals surface area contributed by atoms with Crippen LogP contribution in [0.2, 0.25) is 0 Å². The maximum Gasteiger partial charge on any atom is 0.306 e. The molecule has 0 heterocycles. The molecule has 9 nitrogen and oxygen atoms in total. The molecule has 0 bridgehead atoms. The van der Waals surface area contributed by atoms with E-state index in [-0.39, 0.29) is 23.9 Å². The zero-order chi connectivity index (χ0) is 45.1. The maximum absolute atomic E-state index is 12.9. The van der Waals surface area contributed by atoms with E-state index < -0.39 is 12.2 Å². The van der Waals surface area contributed by atoms with Gasteiger partial charge in [-0.05, 0) is 109 Å². The van der Waals surface area contributed by atoms with Gasteiger partial charge in [-0.25, -0.2) is 0 Å². The lowest BCUT2D eigenvalue weighted by Crippen LogP contribution is -2.33. The highest BCUT2D eigenvalue weighted by atomic mass is 16.5. The molecule has 364 valence electrons. The van der Waals surface area contributed by atoms with E-state index in [1.54, 1.807) is 0 Å². The Labute approximate surface area is 382 Å². The molecule has 1 aliphatic rings. The van der Waals surface area contributed by atoms with E-state index >= 15 is 0 Å². The molecule has 9 heteroatoms. The number of hydrogen-bond acceptors (Lipinski definition) is 8. The molecule has 0 radical (unpaired) electrons. The van der Waals surface area contributed by atoms with Crippen molar-refractivity contribution in [2.24, 2.45) is 0 Å². The van der Waals surface area contributed by atoms with Crippen LogP contribution in [0.4, 0.5) is 0 Å².